The van der Waals surface area contributed by atoms with Gasteiger partial charge in [-0.3, -0.25) is 4.98 Å². The quantitative estimate of drug-likeness (QED) is 0.673. The lowest BCUT2D eigenvalue weighted by molar-refractivity contribution is -0.141. The summed E-state index contributed by atoms with van der Waals surface area (Å²) in [5.41, 5.74) is -0.852. The third-order valence-corrected chi connectivity index (χ3v) is 0.955. The minimum Gasteiger partial charge on any atom is -0.252 e. The van der Waals surface area contributed by atoms with Crippen LogP contribution in [0.1, 0.15) is 5.69 Å². The molecule has 1 aromatic heterocycles. The molecule has 0 aliphatic carbocycles. The predicted octanol–water partition coefficient (Wildman–Crippen LogP) is 2.29. The second kappa shape index (κ2) is 5.32. The van der Waals surface area contributed by atoms with E-state index in [1.165, 1.54) is 12.1 Å². The zero-order valence-corrected chi connectivity index (χ0v) is 9.07. The smallest absolute Gasteiger partial charge is 0.252 e. The zero-order chi connectivity index (χ0) is 12.1. The van der Waals surface area contributed by atoms with Crippen molar-refractivity contribution < 1.29 is 21.6 Å². The molecule has 15 heavy (non-hydrogen) atoms. The fourth-order valence-electron chi connectivity index (χ4n) is 0.530. The number of hydrogen-bond acceptors (Lipinski definition) is 3. The average Bonchev–Trinajstić information content (AvgIpc) is 2.01. The van der Waals surface area contributed by atoms with Gasteiger partial charge in [-0.1, -0.05) is 6.07 Å². The zero-order valence-electron chi connectivity index (χ0n) is 7.49. The van der Waals surface area contributed by atoms with Crippen molar-refractivity contribution in [2.75, 3.05) is 6.26 Å². The highest BCUT2D eigenvalue weighted by atomic mass is 35.7. The van der Waals surface area contributed by atoms with E-state index in [0.717, 1.165) is 18.5 Å². The molecule has 0 saturated heterocycles. The van der Waals surface area contributed by atoms with Crippen LogP contribution < -0.4 is 0 Å². The van der Waals surface area contributed by atoms with E-state index in [0.29, 0.717) is 0 Å². The van der Waals surface area contributed by atoms with Gasteiger partial charge in [0.25, 0.3) is 0 Å². The van der Waals surface area contributed by atoms with Crippen molar-refractivity contribution in [3.05, 3.63) is 30.1 Å². The molecule has 0 aliphatic rings. The highest BCUT2D eigenvalue weighted by Gasteiger charge is 2.31. The molecule has 0 bridgehead atoms. The van der Waals surface area contributed by atoms with Crippen LogP contribution in [0.3, 0.4) is 0 Å². The van der Waals surface area contributed by atoms with Gasteiger partial charge in [0.1, 0.15) is 5.69 Å². The minimum atomic E-state index is -4.32. The van der Waals surface area contributed by atoms with E-state index in [4.69, 9.17) is 0 Å². The van der Waals surface area contributed by atoms with Crippen molar-refractivity contribution >= 4 is 19.7 Å². The molecule has 0 N–H and O–H groups in total. The first-order valence-electron chi connectivity index (χ1n) is 3.48. The molecule has 86 valence electrons. The van der Waals surface area contributed by atoms with Gasteiger partial charge in [-0.25, -0.2) is 8.42 Å². The maximum Gasteiger partial charge on any atom is 0.433 e. The monoisotopic (exact) mass is 261 g/mol. The van der Waals surface area contributed by atoms with E-state index in [1.54, 1.807) is 0 Å². The number of alkyl halides is 3. The van der Waals surface area contributed by atoms with Crippen LogP contribution in [0.2, 0.25) is 0 Å². The van der Waals surface area contributed by atoms with E-state index < -0.39 is 20.9 Å². The van der Waals surface area contributed by atoms with Crippen molar-refractivity contribution in [1.29, 1.82) is 0 Å². The van der Waals surface area contributed by atoms with Gasteiger partial charge < -0.3 is 0 Å². The summed E-state index contributed by atoms with van der Waals surface area (Å²) in [6.45, 7) is 0. The van der Waals surface area contributed by atoms with Gasteiger partial charge in [-0.05, 0) is 12.1 Å². The average molecular weight is 262 g/mol. The normalized spacial score (nSPS) is 11.5. The van der Waals surface area contributed by atoms with E-state index in [2.05, 4.69) is 15.7 Å². The first-order chi connectivity index (χ1) is 6.61. The summed E-state index contributed by atoms with van der Waals surface area (Å²) in [6.07, 6.45) is -2.28. The van der Waals surface area contributed by atoms with Crippen molar-refractivity contribution in [3.8, 4) is 0 Å². The molecule has 8 heteroatoms. The first kappa shape index (κ1) is 14.2. The van der Waals surface area contributed by atoms with E-state index >= 15 is 0 Å². The summed E-state index contributed by atoms with van der Waals surface area (Å²) < 4.78 is 54.0. The molecule has 0 aliphatic heterocycles. The number of nitrogens with zero attached hydrogens (tertiary/aromatic N) is 1. The maximum atomic E-state index is 11.7. The van der Waals surface area contributed by atoms with Crippen molar-refractivity contribution in [2.45, 2.75) is 6.18 Å². The lowest BCUT2D eigenvalue weighted by Crippen LogP contribution is -2.06. The van der Waals surface area contributed by atoms with Crippen LogP contribution in [0.5, 0.6) is 0 Å². The van der Waals surface area contributed by atoms with E-state index in [9.17, 15) is 21.6 Å². The summed E-state index contributed by atoms with van der Waals surface area (Å²) in [5.74, 6) is 0. The van der Waals surface area contributed by atoms with Gasteiger partial charge >= 0.3 is 6.18 Å². The van der Waals surface area contributed by atoms with E-state index in [1.807, 2.05) is 0 Å². The second-order valence-electron chi connectivity index (χ2n) is 2.39. The first-order valence-corrected chi connectivity index (χ1v) is 6.20. The summed E-state index contributed by atoms with van der Waals surface area (Å²) in [4.78, 5) is 3.12. The molecule has 0 saturated carbocycles. The van der Waals surface area contributed by atoms with E-state index in [-0.39, 0.29) is 0 Å². The maximum absolute atomic E-state index is 11.7. The highest BCUT2D eigenvalue weighted by molar-refractivity contribution is 8.13. The number of pyridine rings is 1. The van der Waals surface area contributed by atoms with Gasteiger partial charge in [-0.2, -0.15) is 13.2 Å². The Labute approximate surface area is 89.3 Å². The molecular weight excluding hydrogens is 255 g/mol. The fraction of sp³-hybridized carbons (Fsp3) is 0.286. The number of hydrogen-bond donors (Lipinski definition) is 0. The van der Waals surface area contributed by atoms with Crippen LogP contribution in [0.15, 0.2) is 24.4 Å². The lowest BCUT2D eigenvalue weighted by atomic mass is 10.3. The van der Waals surface area contributed by atoms with Crippen LogP contribution in [0, 0.1) is 0 Å². The SMILES string of the molecule is CS(=O)(=O)Cl.FC(F)(F)c1ccccn1. The number of rotatable bonds is 0. The lowest BCUT2D eigenvalue weighted by Gasteiger charge is -2.02. The molecule has 0 fully saturated rings. The van der Waals surface area contributed by atoms with Crippen LogP contribution in [-0.2, 0) is 15.2 Å². The van der Waals surface area contributed by atoms with Crippen molar-refractivity contribution in [1.82, 2.24) is 4.98 Å². The third kappa shape index (κ3) is 9.48. The molecule has 1 heterocycles. The Morgan fingerprint density at radius 2 is 1.80 bits per heavy atom. The summed E-state index contributed by atoms with van der Waals surface area (Å²) >= 11 is 0. The van der Waals surface area contributed by atoms with Crippen LogP contribution in [0.4, 0.5) is 13.2 Å². The highest BCUT2D eigenvalue weighted by Crippen LogP contribution is 2.26. The molecule has 1 rings (SSSR count). The Morgan fingerprint density at radius 1 is 1.33 bits per heavy atom. The number of halogens is 4. The van der Waals surface area contributed by atoms with Gasteiger partial charge in [0.15, 0.2) is 0 Å². The molecular formula is C7H7ClF3NO2S. The van der Waals surface area contributed by atoms with Crippen molar-refractivity contribution in [3.63, 3.8) is 0 Å². The molecule has 0 amide bonds. The Morgan fingerprint density at radius 3 is 2.00 bits per heavy atom. The molecule has 0 radical (unpaired) electrons. The molecule has 1 aromatic rings. The third-order valence-electron chi connectivity index (χ3n) is 0.955. The summed E-state index contributed by atoms with van der Waals surface area (Å²) in [5, 5.41) is 0. The fourth-order valence-corrected chi connectivity index (χ4v) is 0.530. The van der Waals surface area contributed by atoms with Crippen LogP contribution in [-0.4, -0.2) is 19.7 Å². The Hall–Kier alpha value is -0.820. The van der Waals surface area contributed by atoms with Crippen molar-refractivity contribution in [2.24, 2.45) is 0 Å². The molecule has 0 unspecified atom stereocenters. The topological polar surface area (TPSA) is 47.0 Å². The molecule has 3 nitrogen and oxygen atoms in total. The summed E-state index contributed by atoms with van der Waals surface area (Å²) in [7, 11) is 1.31. The Kier molecular flexibility index (Phi) is 5.02. The second-order valence-corrected chi connectivity index (χ2v) is 5.44. The molecule has 0 atom stereocenters. The Balaban J connectivity index is 0.000000336. The molecule has 0 spiro atoms. The molecule has 0 aromatic carbocycles. The number of aromatic nitrogens is 1. The standard InChI is InChI=1S/C6H4F3N.CH3ClO2S/c7-6(8,9)5-3-1-2-4-10-5;1-5(2,3)4/h1-4H;1H3. The van der Waals surface area contributed by atoms with Crippen LogP contribution >= 0.6 is 10.7 Å². The van der Waals surface area contributed by atoms with Gasteiger partial charge in [0.2, 0.25) is 9.05 Å². The Bertz CT molecular complexity index is 382. The largest absolute Gasteiger partial charge is 0.433 e. The summed E-state index contributed by atoms with van der Waals surface area (Å²) in [6, 6.07) is 3.67. The van der Waals surface area contributed by atoms with Crippen LogP contribution in [0.25, 0.3) is 0 Å². The van der Waals surface area contributed by atoms with Gasteiger partial charge in [0.05, 0.1) is 6.26 Å². The van der Waals surface area contributed by atoms with Gasteiger partial charge in [-0.15, -0.1) is 0 Å². The minimum absolute atomic E-state index is 0.852. The predicted molar refractivity (Wildman–Crippen MR) is 49.9 cm³/mol. The van der Waals surface area contributed by atoms with Gasteiger partial charge in [0, 0.05) is 16.9 Å².